The first kappa shape index (κ1) is 88.7. The summed E-state index contributed by atoms with van der Waals surface area (Å²) < 4.78 is 50.7. The van der Waals surface area contributed by atoms with Gasteiger partial charge in [0.25, 0.3) is 0 Å². The third-order valence-corrected chi connectivity index (χ3v) is 21.3. The summed E-state index contributed by atoms with van der Waals surface area (Å²) >= 11 is 0. The van der Waals surface area contributed by atoms with Crippen molar-refractivity contribution in [2.45, 2.75) is 106 Å². The number of likely N-dealkylation sites (tertiary alicyclic amines) is 2. The molecule has 124 heavy (non-hydrogen) atoms. The highest BCUT2D eigenvalue weighted by molar-refractivity contribution is 5.84. The topological polar surface area (TPSA) is 440 Å². The number of fused-ring (bicyclic) bond motifs is 5. The van der Waals surface area contributed by atoms with E-state index in [9.17, 15) is 14.4 Å². The number of aryl methyl sites for hydroxylation is 1. The van der Waals surface area contributed by atoms with Crippen LogP contribution in [-0.2, 0) is 77.7 Å². The molecule has 0 aliphatic carbocycles. The van der Waals surface area contributed by atoms with Crippen molar-refractivity contribution in [3.8, 4) is 24.0 Å². The van der Waals surface area contributed by atoms with E-state index in [1.54, 1.807) is 48.3 Å². The SMILES string of the molecule is C.COCCOc1nc(N)c2[nH]c(=O)n(Cc3cccc(CN4CC(C)CC(C)C4)c3)c2n1.COCCOc1nc(N)c2[nH]c(=O)n(Cc3cccc(CN4CCCC4)c3)c2n1.COCCOc1nc(N)c2[nH]c(=O)n(Cc3cccc(CN4CCc5ccccc54)c3)c2n1.COCCOc1nc(N)c2nc(C)n(Cc3cccc(Cn4ccnc4)c3)c2n1. The number of nitrogens with one attached hydrogen (secondary N) is 3. The number of piperidine rings is 1. The van der Waals surface area contributed by atoms with Gasteiger partial charge in [-0.2, -0.15) is 39.9 Å². The predicted molar refractivity (Wildman–Crippen MR) is 476 cm³/mol. The highest BCUT2D eigenvalue weighted by atomic mass is 16.5. The fourth-order valence-corrected chi connectivity index (χ4v) is 15.8. The second-order valence-corrected chi connectivity index (χ2v) is 30.9. The van der Waals surface area contributed by atoms with E-state index >= 15 is 0 Å². The second-order valence-electron chi connectivity index (χ2n) is 30.9. The Bertz CT molecular complexity index is 6060. The van der Waals surface area contributed by atoms with E-state index in [-0.39, 0.29) is 72.6 Å². The van der Waals surface area contributed by atoms with Gasteiger partial charge in [-0.15, -0.1) is 0 Å². The highest BCUT2D eigenvalue weighted by Crippen LogP contribution is 2.31. The van der Waals surface area contributed by atoms with Gasteiger partial charge in [0.1, 0.15) is 48.8 Å². The number of hydrogen-bond donors (Lipinski definition) is 7. The van der Waals surface area contributed by atoms with Crippen molar-refractivity contribution in [3.63, 3.8) is 0 Å². The van der Waals surface area contributed by atoms with Crippen molar-refractivity contribution in [1.29, 1.82) is 0 Å². The monoisotopic (exact) mass is 1690 g/mol. The molecule has 3 aliphatic rings. The number of H-pyrrole nitrogens is 3. The molecule has 0 bridgehead atoms. The average Bonchev–Trinajstić information content (AvgIpc) is 1.64. The standard InChI is InChI=1S/C24H26N6O3.C23H32N6O3.C20H23N7O2.C20H26N6O3.CH4/c1-32-11-12-33-23-27-21(25)20-22(28-23)30(24(31)26-20)15-17-6-4-5-16(13-17)14-29-10-9-18-7-2-3-8-19(18)29;1-15-9-16(2)12-28(11-15)13-17-5-4-6-18(10-17)14-29-21-19(25-23(29)30)20(24)26-22(27-21)32-8-7-31-3;1-14-23-17-18(21)24-20(29-9-8-28-2)25-19(17)27(14)12-16-5-3-4-15(10-16)11-26-7-6-22-13-26;1-28-9-10-29-19-23-17(21)16-18(24-19)26(20(27)22-16)13-15-6-4-5-14(11-15)12-25-7-2-3-8-25;/h2-8,13H,9-12,14-15H2,1H3,(H,26,31)(H2,25,27,28);4-6,10,15-16H,7-9,11-14H2,1-3H3,(H,25,30)(H2,24,26,27);3-7,10,13H,8-9,11-12H2,1-2H3,(H2,21,24,25);4-6,11H,2-3,7-10,12-13H2,1H3,(H,22,27)(H2,21,23,24);1H4. The number of hydrogen-bond acceptors (Lipinski definition) is 28. The Hall–Kier alpha value is -13.1. The minimum absolute atomic E-state index is 0. The lowest BCUT2D eigenvalue weighted by Crippen LogP contribution is -2.38. The van der Waals surface area contributed by atoms with Crippen molar-refractivity contribution in [2.24, 2.45) is 11.8 Å². The van der Waals surface area contributed by atoms with Crippen LogP contribution in [0.5, 0.6) is 24.0 Å². The average molecular weight is 1700 g/mol. The number of aromatic amines is 3. The van der Waals surface area contributed by atoms with Crippen LogP contribution in [0.4, 0.5) is 29.0 Å². The maximum atomic E-state index is 12.7. The maximum absolute atomic E-state index is 12.7. The van der Waals surface area contributed by atoms with Gasteiger partial charge < -0.3 is 89.8 Å². The maximum Gasteiger partial charge on any atom is 0.328 e. The molecule has 12 heterocycles. The molecule has 2 atom stereocenters. The molecule has 2 saturated heterocycles. The molecule has 14 aromatic rings. The largest absolute Gasteiger partial charge is 0.461 e. The quantitative estimate of drug-likeness (QED) is 0.0194. The Labute approximate surface area is 716 Å². The summed E-state index contributed by atoms with van der Waals surface area (Å²) in [5.74, 6) is 3.09. The van der Waals surface area contributed by atoms with Gasteiger partial charge in [0.2, 0.25) is 0 Å². The van der Waals surface area contributed by atoms with E-state index in [1.807, 2.05) is 65.0 Å². The molecule has 0 spiro atoms. The fourth-order valence-electron chi connectivity index (χ4n) is 15.8. The van der Waals surface area contributed by atoms with Gasteiger partial charge in [-0.05, 0) is 114 Å². The fraction of sp³-hybridized carbons (Fsp3) is 0.398. The molecule has 36 heteroatoms. The number of anilines is 5. The minimum Gasteiger partial charge on any atom is -0.461 e. The summed E-state index contributed by atoms with van der Waals surface area (Å²) in [6.45, 7) is 20.2. The molecule has 3 aliphatic heterocycles. The van der Waals surface area contributed by atoms with Gasteiger partial charge in [-0.3, -0.25) is 23.5 Å². The van der Waals surface area contributed by atoms with Crippen LogP contribution in [0.2, 0.25) is 0 Å². The molecule has 654 valence electrons. The molecule has 0 radical (unpaired) electrons. The van der Waals surface area contributed by atoms with Crippen molar-refractivity contribution >= 4 is 73.6 Å². The molecule has 2 fully saturated rings. The number of para-hydroxylation sites is 1. The zero-order valence-corrected chi connectivity index (χ0v) is 70.5. The molecular formula is C88H111N25O11. The van der Waals surface area contributed by atoms with Crippen LogP contribution in [0.15, 0.2) is 154 Å². The summed E-state index contributed by atoms with van der Waals surface area (Å²) in [7, 11) is 6.37. The van der Waals surface area contributed by atoms with Gasteiger partial charge in [0.05, 0.1) is 58.9 Å². The van der Waals surface area contributed by atoms with E-state index in [4.69, 9.17) is 60.8 Å². The Morgan fingerprint density at radius 3 is 1.21 bits per heavy atom. The number of nitrogen functional groups attached to an aromatic ring is 4. The molecule has 17 rings (SSSR count). The van der Waals surface area contributed by atoms with Crippen molar-refractivity contribution in [1.82, 2.24) is 97.4 Å². The van der Waals surface area contributed by atoms with Crippen LogP contribution in [0, 0.1) is 18.8 Å². The smallest absolute Gasteiger partial charge is 0.328 e. The van der Waals surface area contributed by atoms with Gasteiger partial charge in [0, 0.05) is 92.3 Å². The number of ether oxygens (including phenoxy) is 8. The van der Waals surface area contributed by atoms with Gasteiger partial charge in [-0.25, -0.2) is 24.4 Å². The number of aromatic nitrogens is 18. The van der Waals surface area contributed by atoms with E-state index < -0.39 is 0 Å². The van der Waals surface area contributed by atoms with Gasteiger partial charge in [-0.1, -0.05) is 137 Å². The lowest BCUT2D eigenvalue weighted by molar-refractivity contribution is 0.134. The van der Waals surface area contributed by atoms with E-state index in [0.717, 1.165) is 105 Å². The number of imidazole rings is 5. The Morgan fingerprint density at radius 1 is 0.411 bits per heavy atom. The van der Waals surface area contributed by atoms with Crippen LogP contribution < -0.4 is 63.9 Å². The van der Waals surface area contributed by atoms with Crippen LogP contribution in [-0.4, -0.2) is 211 Å². The van der Waals surface area contributed by atoms with Gasteiger partial charge in [0.15, 0.2) is 51.4 Å². The molecule has 11 N–H and O–H groups in total. The molecule has 9 aromatic heterocycles. The zero-order valence-electron chi connectivity index (χ0n) is 70.5. The molecule has 2 unspecified atom stereocenters. The normalized spacial score (nSPS) is 14.5. The molecular weight excluding hydrogens is 1580 g/mol. The highest BCUT2D eigenvalue weighted by Gasteiger charge is 2.25. The van der Waals surface area contributed by atoms with Crippen molar-refractivity contribution < 1.29 is 37.9 Å². The van der Waals surface area contributed by atoms with E-state index in [2.05, 4.69) is 178 Å². The summed E-state index contributed by atoms with van der Waals surface area (Å²) in [5.41, 5.74) is 38.8. The van der Waals surface area contributed by atoms with Crippen LogP contribution in [0.25, 0.3) is 44.7 Å². The minimum atomic E-state index is -0.293. The first-order valence-corrected chi connectivity index (χ1v) is 41.1. The van der Waals surface area contributed by atoms with Crippen LogP contribution in [0.3, 0.4) is 0 Å². The number of rotatable bonds is 32. The lowest BCUT2D eigenvalue weighted by atomic mass is 9.91. The summed E-state index contributed by atoms with van der Waals surface area (Å²) in [4.78, 5) is 96.5. The lowest BCUT2D eigenvalue weighted by Gasteiger charge is -2.35. The summed E-state index contributed by atoms with van der Waals surface area (Å²) in [5, 5.41) is 0. The van der Waals surface area contributed by atoms with Gasteiger partial charge >= 0.3 is 41.1 Å². The van der Waals surface area contributed by atoms with Crippen molar-refractivity contribution in [2.75, 3.05) is 142 Å². The molecule has 0 saturated carbocycles. The molecule has 5 aromatic carbocycles. The molecule has 0 amide bonds. The Kier molecular flexibility index (Phi) is 30.1. The Balaban J connectivity index is 0.000000142. The van der Waals surface area contributed by atoms with E-state index in [1.165, 1.54) is 52.8 Å². The summed E-state index contributed by atoms with van der Waals surface area (Å²) in [6.07, 6.45) is 10.4. The zero-order chi connectivity index (χ0) is 85.9. The summed E-state index contributed by atoms with van der Waals surface area (Å²) in [6, 6.07) is 42.5. The predicted octanol–water partition coefficient (Wildman–Crippen LogP) is 8.63. The first-order valence-electron chi connectivity index (χ1n) is 41.1. The number of methoxy groups -OCH3 is 4. The van der Waals surface area contributed by atoms with Crippen LogP contribution >= 0.6 is 0 Å². The second kappa shape index (κ2) is 42.1. The number of nitrogens with zero attached hydrogens (tertiary/aromatic N) is 18. The van der Waals surface area contributed by atoms with Crippen molar-refractivity contribution in [3.05, 3.63) is 227 Å². The number of nitrogens with two attached hydrogens (primary N) is 4. The Morgan fingerprint density at radius 2 is 0.790 bits per heavy atom. The first-order chi connectivity index (χ1) is 59.8. The third kappa shape index (κ3) is 22.6. The van der Waals surface area contributed by atoms with Crippen LogP contribution in [0.1, 0.15) is 96.4 Å². The number of benzene rings is 5. The van der Waals surface area contributed by atoms with E-state index in [0.29, 0.717) is 123 Å². The molecule has 36 nitrogen and oxygen atoms in total. The third-order valence-electron chi connectivity index (χ3n) is 21.3.